The van der Waals surface area contributed by atoms with Crippen LogP contribution in [-0.2, 0) is 9.53 Å². The van der Waals surface area contributed by atoms with Crippen LogP contribution in [0.1, 0.15) is 26.7 Å². The van der Waals surface area contributed by atoms with Gasteiger partial charge in [-0.05, 0) is 26.8 Å². The predicted molar refractivity (Wildman–Crippen MR) is 57.4 cm³/mol. The van der Waals surface area contributed by atoms with Crippen LogP contribution in [0.2, 0.25) is 0 Å². The maximum Gasteiger partial charge on any atom is 0.411 e. The molecular formula is C10H19F3N2O2. The third-order valence-electron chi connectivity index (χ3n) is 1.99. The summed E-state index contributed by atoms with van der Waals surface area (Å²) in [7, 11) is 0. The number of rotatable bonds is 7. The van der Waals surface area contributed by atoms with Crippen molar-refractivity contribution in [2.75, 3.05) is 19.8 Å². The fraction of sp³-hybridized carbons (Fsp3) is 0.900. The first kappa shape index (κ1) is 16.2. The smallest absolute Gasteiger partial charge is 0.372 e. The summed E-state index contributed by atoms with van der Waals surface area (Å²) in [5.41, 5.74) is 4.91. The Hall–Kier alpha value is -0.820. The van der Waals surface area contributed by atoms with Crippen molar-refractivity contribution in [1.29, 1.82) is 0 Å². The molecule has 0 aromatic heterocycles. The van der Waals surface area contributed by atoms with Crippen LogP contribution >= 0.6 is 0 Å². The van der Waals surface area contributed by atoms with E-state index in [1.54, 1.807) is 13.8 Å². The molecule has 0 aliphatic carbocycles. The number of hydrogen-bond acceptors (Lipinski definition) is 3. The molecule has 0 atom stereocenters. The molecule has 0 aromatic rings. The van der Waals surface area contributed by atoms with E-state index in [-0.39, 0.29) is 18.9 Å². The first-order valence-corrected chi connectivity index (χ1v) is 5.32. The highest BCUT2D eigenvalue weighted by Crippen LogP contribution is 2.14. The lowest BCUT2D eigenvalue weighted by molar-refractivity contribution is -0.174. The zero-order valence-electron chi connectivity index (χ0n) is 10.1. The Bertz CT molecular complexity index is 242. The predicted octanol–water partition coefficient (Wildman–Crippen LogP) is 1.20. The van der Waals surface area contributed by atoms with Gasteiger partial charge in [-0.2, -0.15) is 13.2 Å². The average Bonchev–Trinajstić information content (AvgIpc) is 2.09. The first-order chi connectivity index (χ1) is 7.66. The van der Waals surface area contributed by atoms with Crippen molar-refractivity contribution >= 4 is 5.91 Å². The lowest BCUT2D eigenvalue weighted by Gasteiger charge is -2.25. The van der Waals surface area contributed by atoms with E-state index >= 15 is 0 Å². The number of nitrogens with one attached hydrogen (secondary N) is 1. The molecule has 4 nitrogen and oxygen atoms in total. The van der Waals surface area contributed by atoms with Crippen LogP contribution in [0, 0.1) is 0 Å². The summed E-state index contributed by atoms with van der Waals surface area (Å²) in [4.78, 5) is 11.3. The summed E-state index contributed by atoms with van der Waals surface area (Å²) < 4.78 is 39.5. The Balaban J connectivity index is 3.74. The van der Waals surface area contributed by atoms with Crippen LogP contribution < -0.4 is 11.1 Å². The fourth-order valence-corrected chi connectivity index (χ4v) is 1.22. The molecule has 0 saturated heterocycles. The van der Waals surface area contributed by atoms with E-state index in [0.717, 1.165) is 0 Å². The monoisotopic (exact) mass is 256 g/mol. The Morgan fingerprint density at radius 2 is 1.94 bits per heavy atom. The minimum Gasteiger partial charge on any atom is -0.372 e. The van der Waals surface area contributed by atoms with Gasteiger partial charge in [0.1, 0.15) is 6.61 Å². The van der Waals surface area contributed by atoms with E-state index in [9.17, 15) is 18.0 Å². The summed E-state index contributed by atoms with van der Waals surface area (Å²) in [5, 5.41) is 2.67. The second-order valence-electron chi connectivity index (χ2n) is 4.39. The molecule has 7 heteroatoms. The second kappa shape index (κ2) is 6.80. The van der Waals surface area contributed by atoms with Crippen molar-refractivity contribution in [3.8, 4) is 0 Å². The lowest BCUT2D eigenvalue weighted by atomic mass is 10.0. The van der Waals surface area contributed by atoms with E-state index in [0.29, 0.717) is 13.0 Å². The minimum atomic E-state index is -4.35. The maximum atomic E-state index is 11.7. The molecule has 0 saturated carbocycles. The number of carbonyl (C=O) groups excluding carboxylic acids is 1. The number of carbonyl (C=O) groups is 1. The zero-order chi connectivity index (χ0) is 13.5. The van der Waals surface area contributed by atoms with Crippen molar-refractivity contribution in [3.63, 3.8) is 0 Å². The Labute approximate surface area is 98.7 Å². The standard InChI is InChI=1S/C10H19F3N2O2/c1-9(2,4-5-14)15-8(16)3-6-17-7-10(11,12)13/h3-7,14H2,1-2H3,(H,15,16). The number of hydrogen-bond donors (Lipinski definition) is 2. The Kier molecular flexibility index (Phi) is 6.48. The summed E-state index contributed by atoms with van der Waals surface area (Å²) in [6, 6.07) is 0. The van der Waals surface area contributed by atoms with Crippen LogP contribution in [0.4, 0.5) is 13.2 Å². The maximum absolute atomic E-state index is 11.7. The van der Waals surface area contributed by atoms with Crippen LogP contribution in [0.15, 0.2) is 0 Å². The van der Waals surface area contributed by atoms with Gasteiger partial charge in [0.05, 0.1) is 6.61 Å². The van der Waals surface area contributed by atoms with E-state index in [2.05, 4.69) is 10.1 Å². The van der Waals surface area contributed by atoms with Crippen molar-refractivity contribution in [2.24, 2.45) is 5.73 Å². The van der Waals surface area contributed by atoms with Gasteiger partial charge >= 0.3 is 6.18 Å². The molecule has 1 amide bonds. The number of nitrogens with two attached hydrogens (primary N) is 1. The molecule has 0 spiro atoms. The molecule has 0 fully saturated rings. The van der Waals surface area contributed by atoms with Crippen molar-refractivity contribution in [1.82, 2.24) is 5.32 Å². The van der Waals surface area contributed by atoms with Gasteiger partial charge in [0, 0.05) is 12.0 Å². The highest BCUT2D eigenvalue weighted by atomic mass is 19.4. The van der Waals surface area contributed by atoms with Gasteiger partial charge in [0.2, 0.25) is 5.91 Å². The molecule has 102 valence electrons. The fourth-order valence-electron chi connectivity index (χ4n) is 1.22. The molecule has 0 aromatic carbocycles. The first-order valence-electron chi connectivity index (χ1n) is 5.32. The zero-order valence-corrected chi connectivity index (χ0v) is 10.1. The van der Waals surface area contributed by atoms with Crippen molar-refractivity contribution in [2.45, 2.75) is 38.4 Å². The topological polar surface area (TPSA) is 64.3 Å². The van der Waals surface area contributed by atoms with Crippen molar-refractivity contribution in [3.05, 3.63) is 0 Å². The third kappa shape index (κ3) is 10.1. The van der Waals surface area contributed by atoms with Gasteiger partial charge in [-0.3, -0.25) is 4.79 Å². The molecular weight excluding hydrogens is 237 g/mol. The Morgan fingerprint density at radius 3 is 2.41 bits per heavy atom. The molecule has 17 heavy (non-hydrogen) atoms. The summed E-state index contributed by atoms with van der Waals surface area (Å²) in [5.74, 6) is -0.342. The van der Waals surface area contributed by atoms with E-state index < -0.39 is 18.3 Å². The van der Waals surface area contributed by atoms with Gasteiger partial charge in [-0.1, -0.05) is 0 Å². The Morgan fingerprint density at radius 1 is 1.35 bits per heavy atom. The third-order valence-corrected chi connectivity index (χ3v) is 1.99. The van der Waals surface area contributed by atoms with Crippen LogP contribution in [0.25, 0.3) is 0 Å². The number of halogens is 3. The van der Waals surface area contributed by atoms with Gasteiger partial charge < -0.3 is 15.8 Å². The minimum absolute atomic E-state index is 0.0932. The number of alkyl halides is 3. The molecule has 0 rings (SSSR count). The van der Waals surface area contributed by atoms with Crippen LogP contribution in [0.5, 0.6) is 0 Å². The van der Waals surface area contributed by atoms with Gasteiger partial charge in [0.15, 0.2) is 0 Å². The molecule has 0 heterocycles. The van der Waals surface area contributed by atoms with Crippen LogP contribution in [-0.4, -0.2) is 37.4 Å². The molecule has 0 unspecified atom stereocenters. The van der Waals surface area contributed by atoms with E-state index in [1.807, 2.05) is 0 Å². The highest BCUT2D eigenvalue weighted by molar-refractivity contribution is 5.76. The van der Waals surface area contributed by atoms with Gasteiger partial charge in [-0.15, -0.1) is 0 Å². The molecule has 0 aliphatic rings. The summed E-state index contributed by atoms with van der Waals surface area (Å²) >= 11 is 0. The summed E-state index contributed by atoms with van der Waals surface area (Å²) in [6.07, 6.45) is -3.85. The molecule has 0 aliphatic heterocycles. The van der Waals surface area contributed by atoms with Crippen molar-refractivity contribution < 1.29 is 22.7 Å². The van der Waals surface area contributed by atoms with Gasteiger partial charge in [-0.25, -0.2) is 0 Å². The van der Waals surface area contributed by atoms with E-state index in [1.165, 1.54) is 0 Å². The largest absolute Gasteiger partial charge is 0.411 e. The molecule has 3 N–H and O–H groups in total. The normalized spacial score (nSPS) is 12.6. The highest BCUT2D eigenvalue weighted by Gasteiger charge is 2.27. The molecule has 0 bridgehead atoms. The van der Waals surface area contributed by atoms with E-state index in [4.69, 9.17) is 5.73 Å². The van der Waals surface area contributed by atoms with Crippen LogP contribution in [0.3, 0.4) is 0 Å². The molecule has 0 radical (unpaired) electrons. The van der Waals surface area contributed by atoms with Gasteiger partial charge in [0.25, 0.3) is 0 Å². The quantitative estimate of drug-likeness (QED) is 0.673. The lowest BCUT2D eigenvalue weighted by Crippen LogP contribution is -2.45. The number of amides is 1. The average molecular weight is 256 g/mol. The second-order valence-corrected chi connectivity index (χ2v) is 4.39. The summed E-state index contributed by atoms with van der Waals surface area (Å²) in [6.45, 7) is 2.46. The number of ether oxygens (including phenoxy) is 1. The SMILES string of the molecule is CC(C)(CCN)NC(=O)CCOCC(F)(F)F.